The highest BCUT2D eigenvalue weighted by atomic mass is 19.4. The fourth-order valence-corrected chi connectivity index (χ4v) is 3.66. The molecule has 10 nitrogen and oxygen atoms in total. The van der Waals surface area contributed by atoms with Gasteiger partial charge in [0.2, 0.25) is 11.8 Å². The number of ether oxygens (including phenoxy) is 2. The molecule has 0 saturated heterocycles. The number of hydrogen-bond donors (Lipinski definition) is 2. The topological polar surface area (TPSA) is 138 Å². The zero-order chi connectivity index (χ0) is 27.6. The molecule has 0 fully saturated rings. The van der Waals surface area contributed by atoms with Gasteiger partial charge in [0.1, 0.15) is 22.7 Å². The van der Waals surface area contributed by atoms with Gasteiger partial charge in [-0.05, 0) is 45.0 Å². The van der Waals surface area contributed by atoms with Crippen molar-refractivity contribution in [2.45, 2.75) is 45.6 Å². The van der Waals surface area contributed by atoms with Gasteiger partial charge in [-0.3, -0.25) is 9.78 Å². The smallest absolute Gasteiger partial charge is 0.433 e. The van der Waals surface area contributed by atoms with Crippen molar-refractivity contribution in [2.24, 2.45) is 5.73 Å². The number of amides is 1. The van der Waals surface area contributed by atoms with Gasteiger partial charge in [-0.2, -0.15) is 13.2 Å². The van der Waals surface area contributed by atoms with E-state index in [0.29, 0.717) is 11.3 Å². The average Bonchev–Trinajstić information content (AvgIpc) is 3.32. The molecule has 0 bridgehead atoms. The van der Waals surface area contributed by atoms with Crippen molar-refractivity contribution in [3.63, 3.8) is 0 Å². The van der Waals surface area contributed by atoms with Gasteiger partial charge in [0.25, 0.3) is 5.91 Å². The lowest BCUT2D eigenvalue weighted by atomic mass is 10.1. The first-order valence-electron chi connectivity index (χ1n) is 11.6. The van der Waals surface area contributed by atoms with E-state index in [0.717, 1.165) is 6.07 Å². The first-order chi connectivity index (χ1) is 18.0. The molecule has 1 amide bonds. The molecule has 3 aromatic heterocycles. The van der Waals surface area contributed by atoms with E-state index in [9.17, 15) is 18.0 Å². The molecule has 4 rings (SSSR count). The molecule has 13 heteroatoms. The number of nitrogens with two attached hydrogens (primary N) is 1. The van der Waals surface area contributed by atoms with E-state index < -0.39 is 23.8 Å². The quantitative estimate of drug-likeness (QED) is 0.338. The molecule has 200 valence electrons. The van der Waals surface area contributed by atoms with Crippen LogP contribution >= 0.6 is 0 Å². The van der Waals surface area contributed by atoms with Gasteiger partial charge in [-0.15, -0.1) is 0 Å². The minimum Gasteiger partial charge on any atom is -0.494 e. The number of methoxy groups -OCH3 is 1. The fraction of sp³-hybridized carbons (Fsp3) is 0.320. The second-order valence-electron chi connectivity index (χ2n) is 8.58. The van der Waals surface area contributed by atoms with E-state index in [1.165, 1.54) is 31.6 Å². The Balaban J connectivity index is 1.70. The summed E-state index contributed by atoms with van der Waals surface area (Å²) in [6, 6.07) is 4.40. The lowest BCUT2D eigenvalue weighted by molar-refractivity contribution is -0.140. The highest BCUT2D eigenvalue weighted by Crippen LogP contribution is 2.37. The van der Waals surface area contributed by atoms with E-state index in [4.69, 9.17) is 19.6 Å². The molecule has 0 saturated carbocycles. The predicted molar refractivity (Wildman–Crippen MR) is 130 cm³/mol. The molecule has 4 aromatic rings. The molecule has 38 heavy (non-hydrogen) atoms. The van der Waals surface area contributed by atoms with Crippen molar-refractivity contribution in [3.8, 4) is 23.1 Å². The Labute approximate surface area is 215 Å². The summed E-state index contributed by atoms with van der Waals surface area (Å²) in [4.78, 5) is 29.6. The summed E-state index contributed by atoms with van der Waals surface area (Å²) in [7, 11) is 1.33. The molecule has 3 N–H and O–H groups in total. The Hall–Kier alpha value is -4.26. The average molecular weight is 531 g/mol. The van der Waals surface area contributed by atoms with Gasteiger partial charge in [0.15, 0.2) is 11.5 Å². The van der Waals surface area contributed by atoms with Gasteiger partial charge in [0.05, 0.1) is 25.8 Å². The van der Waals surface area contributed by atoms with Crippen LogP contribution in [0.3, 0.4) is 0 Å². The summed E-state index contributed by atoms with van der Waals surface area (Å²) in [5.41, 5.74) is 5.58. The maximum absolute atomic E-state index is 13.3. The number of benzene rings is 1. The number of hydrogen-bond acceptors (Lipinski definition) is 9. The SMILES string of the molecule is COc1ccc(-c2nc(C(=O)NCc3nccnc3OC(C)C)c([C@H](C)N)o2)c2ccc(C(F)(F)F)nc12. The summed E-state index contributed by atoms with van der Waals surface area (Å²) in [5, 5.41) is 3.00. The maximum Gasteiger partial charge on any atom is 0.433 e. The monoisotopic (exact) mass is 530 g/mol. The first kappa shape index (κ1) is 26.8. The Morgan fingerprint density at radius 1 is 1.11 bits per heavy atom. The van der Waals surface area contributed by atoms with Crippen molar-refractivity contribution >= 4 is 16.8 Å². The van der Waals surface area contributed by atoms with Gasteiger partial charge in [-0.25, -0.2) is 15.0 Å². The molecule has 0 unspecified atom stereocenters. The normalized spacial score (nSPS) is 12.6. The minimum absolute atomic E-state index is 0.00901. The zero-order valence-electron chi connectivity index (χ0n) is 21.0. The van der Waals surface area contributed by atoms with Crippen LogP contribution in [0.2, 0.25) is 0 Å². The Bertz CT molecular complexity index is 1470. The van der Waals surface area contributed by atoms with Crippen molar-refractivity contribution in [1.29, 1.82) is 0 Å². The standard InChI is InChI=1S/C25H25F3N6O4/c1-12(2)37-24-16(30-9-10-31-24)11-32-22(35)20-21(13(3)29)38-23(34-20)15-5-7-17(36-4)19-14(15)6-8-18(33-19)25(26,27)28/h5-10,12-13H,11,29H2,1-4H3,(H,32,35)/t13-/m0/s1. The largest absolute Gasteiger partial charge is 0.494 e. The van der Waals surface area contributed by atoms with Gasteiger partial charge in [-0.1, -0.05) is 0 Å². The van der Waals surface area contributed by atoms with E-state index in [-0.39, 0.29) is 52.5 Å². The van der Waals surface area contributed by atoms with Crippen molar-refractivity contribution in [3.05, 3.63) is 59.5 Å². The lowest BCUT2D eigenvalue weighted by Crippen LogP contribution is -2.26. The van der Waals surface area contributed by atoms with Crippen LogP contribution < -0.4 is 20.5 Å². The number of nitrogens with zero attached hydrogens (tertiary/aromatic N) is 4. The predicted octanol–water partition coefficient (Wildman–Crippen LogP) is 4.44. The molecular formula is C25H25F3N6O4. The van der Waals surface area contributed by atoms with Crippen molar-refractivity contribution < 1.29 is 31.9 Å². The van der Waals surface area contributed by atoms with Crippen LogP contribution in [-0.4, -0.2) is 39.1 Å². The van der Waals surface area contributed by atoms with Gasteiger partial charge in [0, 0.05) is 23.3 Å². The molecule has 0 aliphatic rings. The minimum atomic E-state index is -4.64. The summed E-state index contributed by atoms with van der Waals surface area (Å²) >= 11 is 0. The molecular weight excluding hydrogens is 505 g/mol. The number of nitrogens with one attached hydrogen (secondary N) is 1. The maximum atomic E-state index is 13.3. The fourth-order valence-electron chi connectivity index (χ4n) is 3.66. The zero-order valence-corrected chi connectivity index (χ0v) is 21.0. The number of halogens is 3. The Kier molecular flexibility index (Phi) is 7.49. The number of alkyl halides is 3. The number of aromatic nitrogens is 4. The van der Waals surface area contributed by atoms with Gasteiger partial charge < -0.3 is 24.9 Å². The number of carbonyl (C=O) groups is 1. The van der Waals surface area contributed by atoms with Crippen LogP contribution in [-0.2, 0) is 12.7 Å². The molecule has 0 spiro atoms. The second-order valence-corrected chi connectivity index (χ2v) is 8.58. The highest BCUT2D eigenvalue weighted by Gasteiger charge is 2.33. The Morgan fingerprint density at radius 3 is 2.50 bits per heavy atom. The lowest BCUT2D eigenvalue weighted by Gasteiger charge is -2.12. The third-order valence-electron chi connectivity index (χ3n) is 5.34. The number of rotatable bonds is 8. The molecule has 3 heterocycles. The van der Waals surface area contributed by atoms with Crippen LogP contribution in [0, 0.1) is 0 Å². The molecule has 0 aliphatic carbocycles. The number of pyridine rings is 1. The Morgan fingerprint density at radius 2 is 1.84 bits per heavy atom. The highest BCUT2D eigenvalue weighted by molar-refractivity contribution is 5.98. The first-order valence-corrected chi connectivity index (χ1v) is 11.6. The molecule has 0 radical (unpaired) electrons. The van der Waals surface area contributed by atoms with E-state index in [2.05, 4.69) is 25.3 Å². The van der Waals surface area contributed by atoms with Crippen LogP contribution in [0.1, 0.15) is 54.4 Å². The van der Waals surface area contributed by atoms with Gasteiger partial charge >= 0.3 is 6.18 Å². The van der Waals surface area contributed by atoms with E-state index >= 15 is 0 Å². The third-order valence-corrected chi connectivity index (χ3v) is 5.34. The second kappa shape index (κ2) is 10.6. The van der Waals surface area contributed by atoms with Crippen LogP contribution in [0.5, 0.6) is 11.6 Å². The van der Waals surface area contributed by atoms with E-state index in [1.807, 2.05) is 13.8 Å². The molecule has 1 aromatic carbocycles. The number of oxazole rings is 1. The van der Waals surface area contributed by atoms with Crippen molar-refractivity contribution in [1.82, 2.24) is 25.3 Å². The third kappa shape index (κ3) is 5.52. The summed E-state index contributed by atoms with van der Waals surface area (Å²) in [6.07, 6.45) is -1.84. The summed E-state index contributed by atoms with van der Waals surface area (Å²) in [6.45, 7) is 5.28. The summed E-state index contributed by atoms with van der Waals surface area (Å²) in [5.74, 6) is -0.0930. The summed E-state index contributed by atoms with van der Waals surface area (Å²) < 4.78 is 56.5. The molecule has 1 atom stereocenters. The van der Waals surface area contributed by atoms with Crippen LogP contribution in [0.25, 0.3) is 22.4 Å². The van der Waals surface area contributed by atoms with Crippen molar-refractivity contribution in [2.75, 3.05) is 7.11 Å². The van der Waals surface area contributed by atoms with Crippen LogP contribution in [0.15, 0.2) is 41.1 Å². The number of fused-ring (bicyclic) bond motifs is 1. The number of carbonyl (C=O) groups excluding carboxylic acids is 1. The van der Waals surface area contributed by atoms with Crippen LogP contribution in [0.4, 0.5) is 13.2 Å². The molecule has 0 aliphatic heterocycles. The van der Waals surface area contributed by atoms with E-state index in [1.54, 1.807) is 13.0 Å².